The molecule has 20 heavy (non-hydrogen) atoms. The Labute approximate surface area is 110 Å². The molecule has 0 spiro atoms. The van der Waals surface area contributed by atoms with E-state index in [1.54, 1.807) is 0 Å². The molecule has 13 heteroatoms. The zero-order valence-electron chi connectivity index (χ0n) is 9.77. The van der Waals surface area contributed by atoms with Crippen LogP contribution in [0.1, 0.15) is 6.92 Å². The fourth-order valence-corrected chi connectivity index (χ4v) is 2.07. The van der Waals surface area contributed by atoms with Gasteiger partial charge in [0.1, 0.15) is 6.10 Å². The predicted molar refractivity (Wildman–Crippen MR) is 56.4 cm³/mol. The van der Waals surface area contributed by atoms with E-state index in [1.807, 2.05) is 0 Å². The standard InChI is InChI=1S/C7H11O12P/c1-2(17-5(8)9)3(18-6(10)11)4(19-7(12)13)20(14,15)16/h2-4H,1H3,(H,8,9)(H,10,11)(H,12,13)(H2,14,15,16). The van der Waals surface area contributed by atoms with Gasteiger partial charge < -0.3 is 39.3 Å². The van der Waals surface area contributed by atoms with Gasteiger partial charge in [0.05, 0.1) is 0 Å². The van der Waals surface area contributed by atoms with E-state index in [-0.39, 0.29) is 0 Å². The second-order valence-electron chi connectivity index (χ2n) is 3.30. The third-order valence-electron chi connectivity index (χ3n) is 1.82. The summed E-state index contributed by atoms with van der Waals surface area (Å²) < 4.78 is 23.1. The molecule has 0 aromatic rings. The van der Waals surface area contributed by atoms with Crippen LogP contribution in [0.5, 0.6) is 0 Å². The Bertz CT molecular complexity index is 426. The molecular formula is C7H11O12P. The summed E-state index contributed by atoms with van der Waals surface area (Å²) in [5.74, 6) is -2.58. The SMILES string of the molecule is CC(OC(=O)O)C(OC(=O)O)C(OC(=O)O)P(=O)(O)O. The molecule has 0 saturated heterocycles. The third kappa shape index (κ3) is 6.22. The average molecular weight is 318 g/mol. The molecule has 0 aromatic carbocycles. The number of carboxylic acid groups (broad SMARTS) is 3. The van der Waals surface area contributed by atoms with Crippen molar-refractivity contribution in [2.45, 2.75) is 25.0 Å². The highest BCUT2D eigenvalue weighted by Gasteiger charge is 2.46. The molecule has 0 saturated carbocycles. The average Bonchev–Trinajstić information content (AvgIpc) is 2.19. The number of hydrogen-bond donors (Lipinski definition) is 5. The van der Waals surface area contributed by atoms with Gasteiger partial charge in [0.15, 0.2) is 6.10 Å². The van der Waals surface area contributed by atoms with E-state index in [4.69, 9.17) is 25.1 Å². The van der Waals surface area contributed by atoms with Gasteiger partial charge in [-0.05, 0) is 6.92 Å². The smallest absolute Gasteiger partial charge is 0.450 e. The van der Waals surface area contributed by atoms with E-state index >= 15 is 0 Å². The van der Waals surface area contributed by atoms with Gasteiger partial charge in [0, 0.05) is 0 Å². The quantitative estimate of drug-likeness (QED) is 0.256. The number of hydrogen-bond acceptors (Lipinski definition) is 7. The van der Waals surface area contributed by atoms with E-state index in [2.05, 4.69) is 14.2 Å². The molecule has 0 fully saturated rings. The van der Waals surface area contributed by atoms with Crippen molar-refractivity contribution in [3.05, 3.63) is 0 Å². The molecule has 0 rings (SSSR count). The minimum absolute atomic E-state index is 0.898. The van der Waals surface area contributed by atoms with Crippen molar-refractivity contribution in [2.75, 3.05) is 0 Å². The molecule has 0 amide bonds. The lowest BCUT2D eigenvalue weighted by atomic mass is 10.2. The Morgan fingerprint density at radius 3 is 1.60 bits per heavy atom. The lowest BCUT2D eigenvalue weighted by Gasteiger charge is -2.28. The lowest BCUT2D eigenvalue weighted by Crippen LogP contribution is -2.43. The van der Waals surface area contributed by atoms with Gasteiger partial charge in [-0.2, -0.15) is 0 Å². The first-order valence-corrected chi connectivity index (χ1v) is 6.37. The molecule has 0 aliphatic rings. The molecule has 0 heterocycles. The van der Waals surface area contributed by atoms with Gasteiger partial charge in [-0.1, -0.05) is 0 Å². The summed E-state index contributed by atoms with van der Waals surface area (Å²) >= 11 is 0. The number of ether oxygens (including phenoxy) is 3. The van der Waals surface area contributed by atoms with Crippen molar-refractivity contribution in [1.29, 1.82) is 0 Å². The molecule has 116 valence electrons. The van der Waals surface area contributed by atoms with Crippen LogP contribution < -0.4 is 0 Å². The zero-order chi connectivity index (χ0) is 16.1. The van der Waals surface area contributed by atoms with Crippen LogP contribution in [0, 0.1) is 0 Å². The zero-order valence-corrected chi connectivity index (χ0v) is 10.7. The Balaban J connectivity index is 5.40. The Morgan fingerprint density at radius 1 is 0.900 bits per heavy atom. The molecular weight excluding hydrogens is 307 g/mol. The maximum absolute atomic E-state index is 11.1. The van der Waals surface area contributed by atoms with Crippen LogP contribution in [0.3, 0.4) is 0 Å². The predicted octanol–water partition coefficient (Wildman–Crippen LogP) is 0.331. The van der Waals surface area contributed by atoms with E-state index in [0.29, 0.717) is 0 Å². The summed E-state index contributed by atoms with van der Waals surface area (Å²) in [6, 6.07) is 0. The molecule has 3 unspecified atom stereocenters. The Morgan fingerprint density at radius 2 is 1.30 bits per heavy atom. The van der Waals surface area contributed by atoms with Gasteiger partial charge in [0.25, 0.3) is 0 Å². The second kappa shape index (κ2) is 6.93. The van der Waals surface area contributed by atoms with Crippen molar-refractivity contribution < 1.29 is 58.3 Å². The van der Waals surface area contributed by atoms with Crippen LogP contribution in [0.4, 0.5) is 14.4 Å². The molecule has 5 N–H and O–H groups in total. The first-order chi connectivity index (χ1) is 8.95. The van der Waals surface area contributed by atoms with Crippen LogP contribution in [0.25, 0.3) is 0 Å². The first kappa shape index (κ1) is 18.0. The van der Waals surface area contributed by atoms with E-state index in [0.717, 1.165) is 6.92 Å². The van der Waals surface area contributed by atoms with Gasteiger partial charge in [0.2, 0.25) is 5.85 Å². The van der Waals surface area contributed by atoms with E-state index in [9.17, 15) is 18.9 Å². The van der Waals surface area contributed by atoms with Crippen molar-refractivity contribution in [1.82, 2.24) is 0 Å². The van der Waals surface area contributed by atoms with Crippen LogP contribution in [0.2, 0.25) is 0 Å². The molecule has 0 radical (unpaired) electrons. The summed E-state index contributed by atoms with van der Waals surface area (Å²) in [6.45, 7) is 0.898. The van der Waals surface area contributed by atoms with Crippen LogP contribution in [-0.2, 0) is 18.8 Å². The number of carbonyl (C=O) groups is 3. The maximum atomic E-state index is 11.1. The third-order valence-corrected chi connectivity index (χ3v) is 2.88. The molecule has 0 aliphatic heterocycles. The molecule has 12 nitrogen and oxygen atoms in total. The van der Waals surface area contributed by atoms with E-state index in [1.165, 1.54) is 0 Å². The molecule has 0 aliphatic carbocycles. The molecule has 0 bridgehead atoms. The van der Waals surface area contributed by atoms with Gasteiger partial charge >= 0.3 is 26.1 Å². The highest BCUT2D eigenvalue weighted by Crippen LogP contribution is 2.45. The van der Waals surface area contributed by atoms with Crippen molar-refractivity contribution >= 4 is 26.1 Å². The fraction of sp³-hybridized carbons (Fsp3) is 0.571. The van der Waals surface area contributed by atoms with Crippen LogP contribution >= 0.6 is 7.60 Å². The van der Waals surface area contributed by atoms with Crippen LogP contribution in [-0.4, -0.2) is 61.6 Å². The summed E-state index contributed by atoms with van der Waals surface area (Å²) in [5, 5.41) is 25.2. The highest BCUT2D eigenvalue weighted by atomic mass is 31.2. The summed E-state index contributed by atoms with van der Waals surface area (Å²) in [6.07, 6.45) is -9.99. The van der Waals surface area contributed by atoms with Crippen LogP contribution in [0.15, 0.2) is 0 Å². The Hall–Kier alpha value is -2.04. The normalized spacial score (nSPS) is 15.6. The van der Waals surface area contributed by atoms with Gasteiger partial charge in [-0.3, -0.25) is 4.57 Å². The van der Waals surface area contributed by atoms with Crippen molar-refractivity contribution in [3.8, 4) is 0 Å². The Kier molecular flexibility index (Phi) is 6.23. The summed E-state index contributed by atoms with van der Waals surface area (Å²) in [5.41, 5.74) is 0. The molecule has 3 atom stereocenters. The van der Waals surface area contributed by atoms with Crippen molar-refractivity contribution in [3.63, 3.8) is 0 Å². The maximum Gasteiger partial charge on any atom is 0.506 e. The summed E-state index contributed by atoms with van der Waals surface area (Å²) in [4.78, 5) is 49.0. The highest BCUT2D eigenvalue weighted by molar-refractivity contribution is 7.52. The second-order valence-corrected chi connectivity index (χ2v) is 4.99. The summed E-state index contributed by atoms with van der Waals surface area (Å²) in [7, 11) is -5.30. The van der Waals surface area contributed by atoms with E-state index < -0.39 is 44.1 Å². The topological polar surface area (TPSA) is 197 Å². The largest absolute Gasteiger partial charge is 0.506 e. The van der Waals surface area contributed by atoms with Crippen molar-refractivity contribution in [2.24, 2.45) is 0 Å². The monoisotopic (exact) mass is 318 g/mol. The fourth-order valence-electron chi connectivity index (χ4n) is 1.16. The van der Waals surface area contributed by atoms with Gasteiger partial charge in [-0.25, -0.2) is 14.4 Å². The molecule has 0 aromatic heterocycles. The first-order valence-electron chi connectivity index (χ1n) is 4.69. The minimum atomic E-state index is -5.30. The minimum Gasteiger partial charge on any atom is -0.450 e. The lowest BCUT2D eigenvalue weighted by molar-refractivity contribution is -0.0757. The number of rotatable bonds is 6. The van der Waals surface area contributed by atoms with Gasteiger partial charge in [-0.15, -0.1) is 0 Å².